The number of rotatable bonds is 0. The van der Waals surface area contributed by atoms with Gasteiger partial charge in [0.25, 0.3) is 0 Å². The van der Waals surface area contributed by atoms with Crippen molar-refractivity contribution in [3.8, 4) is 0 Å². The van der Waals surface area contributed by atoms with Crippen molar-refractivity contribution in [2.45, 2.75) is 4.59 Å². The van der Waals surface area contributed by atoms with Crippen molar-refractivity contribution < 1.29 is 34.0 Å². The van der Waals surface area contributed by atoms with Gasteiger partial charge in [0.05, 0.1) is 13.2 Å². The van der Waals surface area contributed by atoms with Gasteiger partial charge >= 0.3 is 24.8 Å². The zero-order chi connectivity index (χ0) is 10.3. The smallest absolute Gasteiger partial charge is 0.262 e. The third kappa shape index (κ3) is 1.54. The number of alkyl halides is 2. The van der Waals surface area contributed by atoms with E-state index in [9.17, 15) is 25.6 Å². The van der Waals surface area contributed by atoms with Crippen molar-refractivity contribution in [3.63, 3.8) is 0 Å². The fourth-order valence-corrected chi connectivity index (χ4v) is 2.69. The summed E-state index contributed by atoms with van der Waals surface area (Å²) in [5.74, 6) is 0. The first-order valence-corrected chi connectivity index (χ1v) is 5.68. The molecule has 78 valence electrons. The fraction of sp³-hybridized carbons (Fsp3) is 1.00. The van der Waals surface area contributed by atoms with Crippen molar-refractivity contribution >= 4 is 20.2 Å². The van der Waals surface area contributed by atoms with E-state index in [2.05, 4.69) is 8.37 Å². The Morgan fingerprint density at radius 2 is 1.23 bits per heavy atom. The van der Waals surface area contributed by atoms with Gasteiger partial charge in [-0.2, -0.15) is 25.6 Å². The lowest BCUT2D eigenvalue weighted by atomic mass is 10.8. The molecule has 0 saturated carbocycles. The normalized spacial score (nSPS) is 30.6. The van der Waals surface area contributed by atoms with Gasteiger partial charge in [0, 0.05) is 0 Å². The first kappa shape index (κ1) is 10.8. The summed E-state index contributed by atoms with van der Waals surface area (Å²) in [5.41, 5.74) is 0. The van der Waals surface area contributed by atoms with Crippen LogP contribution in [0.3, 0.4) is 0 Å². The van der Waals surface area contributed by atoms with E-state index >= 15 is 0 Å². The fourth-order valence-electron chi connectivity index (χ4n) is 0.550. The van der Waals surface area contributed by atoms with E-state index in [0.29, 0.717) is 0 Å². The van der Waals surface area contributed by atoms with Crippen LogP contribution in [0, 0.1) is 0 Å². The molecule has 0 aromatic heterocycles. The lowest BCUT2D eigenvalue weighted by Crippen LogP contribution is -2.37. The van der Waals surface area contributed by atoms with E-state index in [1.165, 1.54) is 0 Å². The molecule has 1 rings (SSSR count). The maximum absolute atomic E-state index is 12.6. The van der Waals surface area contributed by atoms with Crippen LogP contribution < -0.4 is 0 Å². The Morgan fingerprint density at radius 3 is 1.54 bits per heavy atom. The molecule has 6 nitrogen and oxygen atoms in total. The first-order valence-electron chi connectivity index (χ1n) is 2.86. The zero-order valence-corrected chi connectivity index (χ0v) is 7.57. The van der Waals surface area contributed by atoms with Crippen molar-refractivity contribution in [3.05, 3.63) is 0 Å². The van der Waals surface area contributed by atoms with E-state index in [-0.39, 0.29) is 0 Å². The van der Waals surface area contributed by atoms with Crippen molar-refractivity contribution in [1.82, 2.24) is 0 Å². The number of hydrogen-bond acceptors (Lipinski definition) is 6. The Labute approximate surface area is 72.7 Å². The van der Waals surface area contributed by atoms with E-state index in [4.69, 9.17) is 0 Å². The third-order valence-corrected chi connectivity index (χ3v) is 4.49. The van der Waals surface area contributed by atoms with Crippen LogP contribution >= 0.6 is 0 Å². The Kier molecular flexibility index (Phi) is 2.35. The lowest BCUT2D eigenvalue weighted by Gasteiger charge is -2.10. The van der Waals surface area contributed by atoms with Crippen LogP contribution in [-0.4, -0.2) is 34.6 Å². The average molecular weight is 238 g/mol. The van der Waals surface area contributed by atoms with Crippen LogP contribution in [0.4, 0.5) is 8.78 Å². The molecule has 1 aliphatic heterocycles. The second-order valence-electron chi connectivity index (χ2n) is 2.02. The lowest BCUT2D eigenvalue weighted by molar-refractivity contribution is 0.152. The largest absolute Gasteiger partial charge is 0.496 e. The topological polar surface area (TPSA) is 86.7 Å². The second-order valence-corrected chi connectivity index (χ2v) is 5.59. The molecule has 0 aliphatic carbocycles. The SMILES string of the molecule is O=S1(=O)OCCOS(=O)(=O)C1(F)F. The summed E-state index contributed by atoms with van der Waals surface area (Å²) in [5, 5.41) is 0. The molecule has 0 unspecified atom stereocenters. The highest BCUT2D eigenvalue weighted by Gasteiger charge is 2.61. The van der Waals surface area contributed by atoms with Gasteiger partial charge < -0.3 is 0 Å². The highest BCUT2D eigenvalue weighted by Crippen LogP contribution is 2.32. The molecule has 0 aromatic rings. The van der Waals surface area contributed by atoms with Gasteiger partial charge in [-0.1, -0.05) is 0 Å². The quantitative estimate of drug-likeness (QED) is 0.516. The van der Waals surface area contributed by atoms with E-state index < -0.39 is 38.0 Å². The summed E-state index contributed by atoms with van der Waals surface area (Å²) < 4.78 is 69.5. The van der Waals surface area contributed by atoms with Crippen molar-refractivity contribution in [2.24, 2.45) is 0 Å². The summed E-state index contributed by atoms with van der Waals surface area (Å²) in [4.78, 5) is 0. The highest BCUT2D eigenvalue weighted by atomic mass is 32.3. The first-order chi connectivity index (χ1) is 5.71. The number of hydrogen-bond donors (Lipinski definition) is 0. The molecule has 0 spiro atoms. The Bertz CT molecular complexity index is 356. The van der Waals surface area contributed by atoms with Crippen molar-refractivity contribution in [1.29, 1.82) is 0 Å². The zero-order valence-electron chi connectivity index (χ0n) is 5.94. The van der Waals surface area contributed by atoms with Gasteiger partial charge in [0.2, 0.25) is 0 Å². The van der Waals surface area contributed by atoms with Crippen LogP contribution in [0.1, 0.15) is 0 Å². The molecule has 13 heavy (non-hydrogen) atoms. The minimum atomic E-state index is -5.45. The van der Waals surface area contributed by atoms with E-state index in [1.54, 1.807) is 0 Å². The van der Waals surface area contributed by atoms with Crippen molar-refractivity contribution in [2.75, 3.05) is 13.2 Å². The molecule has 0 atom stereocenters. The van der Waals surface area contributed by atoms with Crippen LogP contribution in [0.15, 0.2) is 0 Å². The molecule has 1 heterocycles. The predicted molar refractivity (Wildman–Crippen MR) is 34.7 cm³/mol. The van der Waals surface area contributed by atoms with Gasteiger partial charge in [-0.3, -0.25) is 8.37 Å². The standard InChI is InChI=1S/C3H4F2O6S2/c4-3(5)12(6,7)10-1-2-11-13(3,8)9/h1-2H2. The summed E-state index contributed by atoms with van der Waals surface area (Å²) in [6.45, 7) is -1.51. The summed E-state index contributed by atoms with van der Waals surface area (Å²) in [7, 11) is -10.9. The minimum absolute atomic E-state index is 0.753. The molecule has 0 radical (unpaired) electrons. The maximum atomic E-state index is 12.6. The van der Waals surface area contributed by atoms with Gasteiger partial charge in [-0.25, -0.2) is 0 Å². The third-order valence-electron chi connectivity index (χ3n) is 1.14. The molecular formula is C3H4F2O6S2. The monoisotopic (exact) mass is 238 g/mol. The highest BCUT2D eigenvalue weighted by molar-refractivity contribution is 8.05. The van der Waals surface area contributed by atoms with Gasteiger partial charge in [0.1, 0.15) is 0 Å². The van der Waals surface area contributed by atoms with Crippen LogP contribution in [0.25, 0.3) is 0 Å². The summed E-state index contributed by atoms with van der Waals surface area (Å²) in [6.07, 6.45) is 0. The van der Waals surface area contributed by atoms with Gasteiger partial charge in [-0.05, 0) is 0 Å². The molecule has 1 fully saturated rings. The van der Waals surface area contributed by atoms with Gasteiger partial charge in [0.15, 0.2) is 0 Å². The molecule has 0 aromatic carbocycles. The number of halogens is 2. The Morgan fingerprint density at radius 1 is 0.923 bits per heavy atom. The molecular weight excluding hydrogens is 234 g/mol. The molecule has 1 saturated heterocycles. The van der Waals surface area contributed by atoms with Crippen LogP contribution in [0.5, 0.6) is 0 Å². The van der Waals surface area contributed by atoms with Crippen LogP contribution in [-0.2, 0) is 28.6 Å². The van der Waals surface area contributed by atoms with E-state index in [1.807, 2.05) is 0 Å². The Hall–Kier alpha value is -0.320. The second kappa shape index (κ2) is 2.83. The van der Waals surface area contributed by atoms with E-state index in [0.717, 1.165) is 0 Å². The average Bonchev–Trinajstić information content (AvgIpc) is 2.01. The minimum Gasteiger partial charge on any atom is -0.262 e. The Balaban J connectivity index is 3.36. The predicted octanol–water partition coefficient (Wildman–Crippen LogP) is -0.757. The van der Waals surface area contributed by atoms with Gasteiger partial charge in [-0.15, -0.1) is 0 Å². The molecule has 10 heteroatoms. The molecule has 1 aliphatic rings. The molecule has 0 amide bonds. The molecule has 0 bridgehead atoms. The summed E-state index contributed by atoms with van der Waals surface area (Å²) in [6, 6.07) is 0. The summed E-state index contributed by atoms with van der Waals surface area (Å²) >= 11 is 0. The maximum Gasteiger partial charge on any atom is 0.496 e. The van der Waals surface area contributed by atoms with Crippen LogP contribution in [0.2, 0.25) is 0 Å². The molecule has 0 N–H and O–H groups in total.